The van der Waals surface area contributed by atoms with Crippen LogP contribution in [0.4, 0.5) is 0 Å². The quantitative estimate of drug-likeness (QED) is 0.116. The number of aromatic nitrogens is 6. The van der Waals surface area contributed by atoms with Crippen LogP contribution in [0, 0.1) is 0 Å². The third kappa shape index (κ3) is 13.6. The summed E-state index contributed by atoms with van der Waals surface area (Å²) < 4.78 is 0. The van der Waals surface area contributed by atoms with Crippen molar-refractivity contribution >= 4 is 41.2 Å². The summed E-state index contributed by atoms with van der Waals surface area (Å²) >= 11 is 7.40. The van der Waals surface area contributed by atoms with Gasteiger partial charge in [0.15, 0.2) is 17.5 Å². The van der Waals surface area contributed by atoms with Gasteiger partial charge in [0, 0.05) is 32.7 Å². The fourth-order valence-electron chi connectivity index (χ4n) is 2.20. The summed E-state index contributed by atoms with van der Waals surface area (Å²) in [5, 5.41) is 16.9. The molecule has 0 atom stereocenters. The smallest absolute Gasteiger partial charge is 0.753 e. The molecule has 189 valence electrons. The summed E-state index contributed by atoms with van der Waals surface area (Å²) in [6, 6.07) is 16.8. The summed E-state index contributed by atoms with van der Waals surface area (Å²) in [6.07, 6.45) is 5.88. The minimum Gasteiger partial charge on any atom is -0.753 e. The summed E-state index contributed by atoms with van der Waals surface area (Å²) in [4.78, 5) is 37.4. The van der Waals surface area contributed by atoms with E-state index >= 15 is 0 Å². The van der Waals surface area contributed by atoms with Crippen molar-refractivity contribution < 1.29 is 27.3 Å². The van der Waals surface area contributed by atoms with Crippen LogP contribution in [0.2, 0.25) is 0 Å². The van der Waals surface area contributed by atoms with Gasteiger partial charge in [-0.25, -0.2) is 15.0 Å². The Bertz CT molecular complexity index is 1090. The number of nitrogens with zero attached hydrogens (tertiary/aromatic N) is 9. The number of rotatable bonds is 4. The molecule has 37 heavy (non-hydrogen) atoms. The second kappa shape index (κ2) is 21.3. The second-order valence-electron chi connectivity index (χ2n) is 6.20. The molecule has 0 aromatic carbocycles. The molecule has 0 spiro atoms. The van der Waals surface area contributed by atoms with Crippen LogP contribution < -0.4 is 0 Å². The minimum atomic E-state index is 0. The number of carbonyl (C=O) groups is 1. The van der Waals surface area contributed by atoms with E-state index < -0.39 is 0 Å². The van der Waals surface area contributed by atoms with Crippen molar-refractivity contribution in [2.24, 2.45) is 0 Å². The van der Waals surface area contributed by atoms with Gasteiger partial charge < -0.3 is 21.2 Å². The van der Waals surface area contributed by atoms with Crippen molar-refractivity contribution in [3.05, 3.63) is 84.0 Å². The molecule has 0 saturated heterocycles. The predicted molar refractivity (Wildman–Crippen MR) is 146 cm³/mol. The monoisotopic (exact) mass is 575 g/mol. The van der Waals surface area contributed by atoms with Crippen LogP contribution in [-0.2, 0) is 27.3 Å². The topological polar surface area (TPSA) is 175 Å². The Balaban J connectivity index is 0. The molecular formula is C23H22MnN9O2S2+. The molecule has 4 rings (SSSR count). The Morgan fingerprint density at radius 1 is 0.703 bits per heavy atom. The molecule has 3 N–H and O–H groups in total. The first kappa shape index (κ1) is 35.2. The molecule has 0 saturated carbocycles. The maximum absolute atomic E-state index is 9.43. The third-order valence-corrected chi connectivity index (χ3v) is 3.53. The van der Waals surface area contributed by atoms with E-state index in [-0.39, 0.29) is 22.5 Å². The fourth-order valence-corrected chi connectivity index (χ4v) is 2.20. The van der Waals surface area contributed by atoms with Gasteiger partial charge in [0.2, 0.25) is 6.41 Å². The first-order chi connectivity index (χ1) is 17.0. The summed E-state index contributed by atoms with van der Waals surface area (Å²) in [6.45, 7) is 0. The van der Waals surface area contributed by atoms with Crippen LogP contribution in [-0.4, -0.2) is 65.6 Å². The molecule has 4 heterocycles. The van der Waals surface area contributed by atoms with Crippen molar-refractivity contribution in [3.8, 4) is 34.6 Å². The number of isothiocyanates is 2. The van der Waals surface area contributed by atoms with Gasteiger partial charge in [0.25, 0.3) is 0 Å². The SMILES string of the molecule is CN(C)C=O.[Mn+2].[N-]=C=S.[N-]=C=S.[OH3+].c1ccc(-c2nc(-c3ccccn3)nc(-c3ccccn3)n2)nc1. The van der Waals surface area contributed by atoms with Crippen LogP contribution in [0.25, 0.3) is 45.4 Å². The van der Waals surface area contributed by atoms with Crippen molar-refractivity contribution in [2.45, 2.75) is 0 Å². The Morgan fingerprint density at radius 3 is 1.11 bits per heavy atom. The first-order valence-corrected chi connectivity index (χ1v) is 10.5. The average molecular weight is 576 g/mol. The Hall–Kier alpha value is -3.99. The molecule has 1 radical (unpaired) electrons. The fraction of sp³-hybridized carbons (Fsp3) is 0.0870. The molecule has 0 fully saturated rings. The maximum Gasteiger partial charge on any atom is 2.00 e. The van der Waals surface area contributed by atoms with E-state index in [1.54, 1.807) is 32.7 Å². The summed E-state index contributed by atoms with van der Waals surface area (Å²) in [7, 11) is 3.38. The standard InChI is InChI=1S/C18H12N6.C3H7NO.2CNS.Mn.H2O/c1-4-10-19-13(7-1)16-22-17(14-8-2-5-11-20-14)24-18(23-16)15-9-3-6-12-21-15;1-4(2)3-5;2*2-1-3;;/h1-12H;3H,1-2H3;;;;1H2/q;;2*-1;+2;/p+1. The Morgan fingerprint density at radius 2 is 0.946 bits per heavy atom. The summed E-state index contributed by atoms with van der Waals surface area (Å²) in [5.74, 6) is 1.48. The molecule has 0 unspecified atom stereocenters. The van der Waals surface area contributed by atoms with Gasteiger partial charge in [0.1, 0.15) is 17.1 Å². The molecule has 14 heteroatoms. The van der Waals surface area contributed by atoms with Crippen LogP contribution >= 0.6 is 24.4 Å². The van der Waals surface area contributed by atoms with Gasteiger partial charge in [-0.1, -0.05) is 42.6 Å². The van der Waals surface area contributed by atoms with Gasteiger partial charge in [-0.3, -0.25) is 19.7 Å². The third-order valence-electron chi connectivity index (χ3n) is 3.53. The second-order valence-corrected chi connectivity index (χ2v) is 6.57. The van der Waals surface area contributed by atoms with Gasteiger partial charge in [-0.2, -0.15) is 10.3 Å². The van der Waals surface area contributed by atoms with E-state index in [0.29, 0.717) is 34.6 Å². The van der Waals surface area contributed by atoms with Crippen molar-refractivity contribution in [2.75, 3.05) is 14.1 Å². The zero-order valence-electron chi connectivity index (χ0n) is 19.7. The van der Waals surface area contributed by atoms with Gasteiger partial charge >= 0.3 is 17.1 Å². The number of amides is 1. The Kier molecular flexibility index (Phi) is 20.3. The normalized spacial score (nSPS) is 8.16. The Labute approximate surface area is 235 Å². The number of thiocarbonyl (C=S) groups is 2. The average Bonchev–Trinajstić information content (AvgIpc) is 2.91. The van der Waals surface area contributed by atoms with E-state index in [0.717, 1.165) is 6.41 Å². The predicted octanol–water partition coefficient (Wildman–Crippen LogP) is 3.15. The zero-order valence-corrected chi connectivity index (χ0v) is 22.5. The number of hydrogen-bond donors (Lipinski definition) is 0. The van der Waals surface area contributed by atoms with Crippen molar-refractivity contribution in [3.63, 3.8) is 0 Å². The van der Waals surface area contributed by atoms with E-state index in [9.17, 15) is 4.79 Å². The van der Waals surface area contributed by atoms with Crippen LogP contribution in [0.1, 0.15) is 0 Å². The van der Waals surface area contributed by atoms with E-state index in [1.807, 2.05) is 54.6 Å². The van der Waals surface area contributed by atoms with Crippen LogP contribution in [0.15, 0.2) is 73.2 Å². The molecular weight excluding hydrogens is 553 g/mol. The van der Waals surface area contributed by atoms with Gasteiger partial charge in [-0.05, 0) is 36.4 Å². The number of carbonyl (C=O) groups excluding carboxylic acids is 1. The molecule has 4 aromatic rings. The molecule has 0 aliphatic carbocycles. The van der Waals surface area contributed by atoms with E-state index in [2.05, 4.69) is 54.3 Å². The number of hydrogen-bond acceptors (Lipinski definition) is 9. The minimum absolute atomic E-state index is 0. The molecule has 0 aliphatic heterocycles. The molecule has 0 aliphatic rings. The van der Waals surface area contributed by atoms with Crippen molar-refractivity contribution in [1.82, 2.24) is 34.8 Å². The molecule has 11 nitrogen and oxygen atoms in total. The van der Waals surface area contributed by atoms with Crippen LogP contribution in [0.3, 0.4) is 0 Å². The van der Waals surface area contributed by atoms with Crippen LogP contribution in [0.5, 0.6) is 0 Å². The maximum atomic E-state index is 9.43. The first-order valence-electron chi connectivity index (χ1n) is 9.65. The largest absolute Gasteiger partial charge is 2.00 e. The molecule has 0 bridgehead atoms. The van der Waals surface area contributed by atoms with E-state index in [4.69, 9.17) is 10.8 Å². The zero-order chi connectivity index (χ0) is 25.9. The molecule has 1 amide bonds. The van der Waals surface area contributed by atoms with Crippen molar-refractivity contribution in [1.29, 1.82) is 0 Å². The summed E-state index contributed by atoms with van der Waals surface area (Å²) in [5.41, 5.74) is 2.03. The van der Waals surface area contributed by atoms with E-state index in [1.165, 1.54) is 15.2 Å². The number of pyridine rings is 3. The van der Waals surface area contributed by atoms with Gasteiger partial charge in [-0.15, -0.1) is 0 Å². The molecule has 4 aromatic heterocycles. The van der Waals surface area contributed by atoms with Gasteiger partial charge in [0.05, 0.1) is 0 Å².